The first-order valence-corrected chi connectivity index (χ1v) is 8.17. The first-order valence-electron chi connectivity index (χ1n) is 6.35. The van der Waals surface area contributed by atoms with Crippen LogP contribution in [0.5, 0.6) is 5.75 Å². The van der Waals surface area contributed by atoms with E-state index < -0.39 is 9.84 Å². The molecule has 0 saturated carbocycles. The molecule has 0 amide bonds. The van der Waals surface area contributed by atoms with Crippen LogP contribution in [0, 0.1) is 0 Å². The van der Waals surface area contributed by atoms with Gasteiger partial charge in [-0.25, -0.2) is 8.42 Å². The van der Waals surface area contributed by atoms with Gasteiger partial charge >= 0.3 is 0 Å². The Kier molecular flexibility index (Phi) is 4.31. The van der Waals surface area contributed by atoms with Crippen molar-refractivity contribution in [1.82, 2.24) is 4.90 Å². The van der Waals surface area contributed by atoms with Crippen molar-refractivity contribution in [2.45, 2.75) is 13.0 Å². The molecule has 1 fully saturated rings. The fourth-order valence-corrected chi connectivity index (χ4v) is 3.62. The SMILES string of the molecule is COc1ccc(N)cc1CN1CCCS(=O)(=O)CC1. The zero-order valence-electron chi connectivity index (χ0n) is 11.1. The quantitative estimate of drug-likeness (QED) is 0.835. The molecule has 1 saturated heterocycles. The Morgan fingerprint density at radius 2 is 2.11 bits per heavy atom. The highest BCUT2D eigenvalue weighted by Gasteiger charge is 2.20. The molecule has 0 radical (unpaired) electrons. The lowest BCUT2D eigenvalue weighted by Gasteiger charge is -2.20. The lowest BCUT2D eigenvalue weighted by atomic mass is 10.1. The molecule has 1 aliphatic rings. The number of anilines is 1. The zero-order valence-corrected chi connectivity index (χ0v) is 11.9. The maximum atomic E-state index is 11.6. The van der Waals surface area contributed by atoms with Crippen LogP contribution < -0.4 is 10.5 Å². The van der Waals surface area contributed by atoms with E-state index >= 15 is 0 Å². The van der Waals surface area contributed by atoms with E-state index in [4.69, 9.17) is 10.5 Å². The lowest BCUT2D eigenvalue weighted by Crippen LogP contribution is -2.26. The summed E-state index contributed by atoms with van der Waals surface area (Å²) in [6.45, 7) is 2.03. The average Bonchev–Trinajstić information content (AvgIpc) is 2.51. The van der Waals surface area contributed by atoms with Gasteiger partial charge in [0.25, 0.3) is 0 Å². The molecular formula is C13H20N2O3S. The van der Waals surface area contributed by atoms with Crippen LogP contribution in [0.2, 0.25) is 0 Å². The zero-order chi connectivity index (χ0) is 13.9. The summed E-state index contributed by atoms with van der Waals surface area (Å²) in [6, 6.07) is 5.53. The van der Waals surface area contributed by atoms with Gasteiger partial charge in [-0.15, -0.1) is 0 Å². The summed E-state index contributed by atoms with van der Waals surface area (Å²) in [5.74, 6) is 1.32. The van der Waals surface area contributed by atoms with Gasteiger partial charge in [-0.3, -0.25) is 4.90 Å². The first-order chi connectivity index (χ1) is 9.00. The first kappa shape index (κ1) is 14.1. The minimum Gasteiger partial charge on any atom is -0.496 e. The van der Waals surface area contributed by atoms with E-state index in [9.17, 15) is 8.42 Å². The van der Waals surface area contributed by atoms with Crippen LogP contribution in [0.25, 0.3) is 0 Å². The molecule has 0 aliphatic carbocycles. The van der Waals surface area contributed by atoms with Gasteiger partial charge < -0.3 is 10.5 Å². The minimum atomic E-state index is -2.87. The molecule has 1 aromatic rings. The maximum absolute atomic E-state index is 11.6. The second-order valence-electron chi connectivity index (χ2n) is 4.85. The summed E-state index contributed by atoms with van der Waals surface area (Å²) >= 11 is 0. The molecule has 2 rings (SSSR count). The van der Waals surface area contributed by atoms with Crippen LogP contribution >= 0.6 is 0 Å². The van der Waals surface area contributed by atoms with Crippen LogP contribution in [0.4, 0.5) is 5.69 Å². The number of hydrogen-bond donors (Lipinski definition) is 1. The van der Waals surface area contributed by atoms with E-state index in [1.807, 2.05) is 12.1 Å². The molecule has 1 aliphatic heterocycles. The molecule has 2 N–H and O–H groups in total. The van der Waals surface area contributed by atoms with E-state index in [2.05, 4.69) is 4.90 Å². The van der Waals surface area contributed by atoms with Crippen LogP contribution in [0.1, 0.15) is 12.0 Å². The highest BCUT2D eigenvalue weighted by molar-refractivity contribution is 7.91. The average molecular weight is 284 g/mol. The fraction of sp³-hybridized carbons (Fsp3) is 0.538. The molecule has 0 spiro atoms. The number of methoxy groups -OCH3 is 1. The highest BCUT2D eigenvalue weighted by Crippen LogP contribution is 2.23. The van der Waals surface area contributed by atoms with Crippen LogP contribution in [0.15, 0.2) is 18.2 Å². The largest absolute Gasteiger partial charge is 0.496 e. The van der Waals surface area contributed by atoms with Gasteiger partial charge in [0.05, 0.1) is 18.6 Å². The number of nitrogens with zero attached hydrogens (tertiary/aromatic N) is 1. The molecule has 5 nitrogen and oxygen atoms in total. The van der Waals surface area contributed by atoms with Gasteiger partial charge in [0.1, 0.15) is 5.75 Å². The molecule has 1 heterocycles. The number of hydrogen-bond acceptors (Lipinski definition) is 5. The summed E-state index contributed by atoms with van der Waals surface area (Å²) in [6.07, 6.45) is 0.687. The lowest BCUT2D eigenvalue weighted by molar-refractivity contribution is 0.281. The molecule has 1 aromatic carbocycles. The summed E-state index contributed by atoms with van der Waals surface area (Å²) in [5, 5.41) is 0. The molecule has 0 atom stereocenters. The maximum Gasteiger partial charge on any atom is 0.151 e. The minimum absolute atomic E-state index is 0.234. The van der Waals surface area contributed by atoms with Gasteiger partial charge in [0.2, 0.25) is 0 Å². The van der Waals surface area contributed by atoms with E-state index in [-0.39, 0.29) is 11.5 Å². The van der Waals surface area contributed by atoms with Crippen molar-refractivity contribution in [3.8, 4) is 5.75 Å². The van der Waals surface area contributed by atoms with Crippen molar-refractivity contribution in [1.29, 1.82) is 0 Å². The van der Waals surface area contributed by atoms with Crippen molar-refractivity contribution in [2.24, 2.45) is 0 Å². The Bertz CT molecular complexity index is 543. The van der Waals surface area contributed by atoms with Crippen molar-refractivity contribution in [3.63, 3.8) is 0 Å². The van der Waals surface area contributed by atoms with Gasteiger partial charge in [-0.05, 0) is 31.2 Å². The third-order valence-corrected chi connectivity index (χ3v) is 5.06. The van der Waals surface area contributed by atoms with Gasteiger partial charge in [0.15, 0.2) is 9.84 Å². The predicted molar refractivity (Wildman–Crippen MR) is 76.0 cm³/mol. The monoisotopic (exact) mass is 284 g/mol. The van der Waals surface area contributed by atoms with Crippen molar-refractivity contribution in [2.75, 3.05) is 37.4 Å². The Morgan fingerprint density at radius 3 is 2.84 bits per heavy atom. The van der Waals surface area contributed by atoms with E-state index in [1.54, 1.807) is 13.2 Å². The molecule has 19 heavy (non-hydrogen) atoms. The molecule has 0 unspecified atom stereocenters. The van der Waals surface area contributed by atoms with Crippen molar-refractivity contribution >= 4 is 15.5 Å². The molecule has 0 aromatic heterocycles. The van der Waals surface area contributed by atoms with Crippen LogP contribution in [-0.4, -0.2) is 45.0 Å². The van der Waals surface area contributed by atoms with E-state index in [1.165, 1.54) is 0 Å². The second-order valence-corrected chi connectivity index (χ2v) is 7.16. The normalized spacial score (nSPS) is 19.8. The highest BCUT2D eigenvalue weighted by atomic mass is 32.2. The third-order valence-electron chi connectivity index (χ3n) is 3.35. The van der Waals surface area contributed by atoms with Crippen molar-refractivity contribution in [3.05, 3.63) is 23.8 Å². The number of nitrogen functional groups attached to an aromatic ring is 1. The summed E-state index contributed by atoms with van der Waals surface area (Å²) in [5.41, 5.74) is 7.49. The van der Waals surface area contributed by atoms with Gasteiger partial charge in [0, 0.05) is 24.3 Å². The number of nitrogens with two attached hydrogens (primary N) is 1. The number of ether oxygens (including phenoxy) is 1. The van der Waals surface area contributed by atoms with Crippen LogP contribution in [-0.2, 0) is 16.4 Å². The summed E-state index contributed by atoms with van der Waals surface area (Å²) < 4.78 is 28.5. The predicted octanol–water partition coefficient (Wildman–Crippen LogP) is 0.898. The van der Waals surface area contributed by atoms with Gasteiger partial charge in [-0.1, -0.05) is 0 Å². The van der Waals surface area contributed by atoms with Gasteiger partial charge in [-0.2, -0.15) is 0 Å². The Morgan fingerprint density at radius 1 is 1.32 bits per heavy atom. The van der Waals surface area contributed by atoms with E-state index in [0.29, 0.717) is 25.2 Å². The molecular weight excluding hydrogens is 264 g/mol. The standard InChI is InChI=1S/C13H20N2O3S/c1-18-13-4-3-12(14)9-11(13)10-15-5-2-7-19(16,17)8-6-15/h3-4,9H,2,5-8,10,14H2,1H3. The molecule has 106 valence electrons. The number of rotatable bonds is 3. The third kappa shape index (κ3) is 3.84. The molecule has 6 heteroatoms. The van der Waals surface area contributed by atoms with Crippen molar-refractivity contribution < 1.29 is 13.2 Å². The van der Waals surface area contributed by atoms with Crippen LogP contribution in [0.3, 0.4) is 0 Å². The Balaban J connectivity index is 2.10. The van der Waals surface area contributed by atoms with E-state index in [0.717, 1.165) is 17.9 Å². The number of sulfone groups is 1. The summed E-state index contributed by atoms with van der Waals surface area (Å²) in [4.78, 5) is 2.14. The smallest absolute Gasteiger partial charge is 0.151 e. The number of benzene rings is 1. The fourth-order valence-electron chi connectivity index (χ4n) is 2.31. The second kappa shape index (κ2) is 5.79. The summed E-state index contributed by atoms with van der Waals surface area (Å²) in [7, 11) is -1.24. The topological polar surface area (TPSA) is 72.6 Å². The Labute approximate surface area is 114 Å². The Hall–Kier alpha value is -1.27. The molecule has 0 bridgehead atoms.